The lowest BCUT2D eigenvalue weighted by Gasteiger charge is -2.25. The van der Waals surface area contributed by atoms with E-state index in [1.807, 2.05) is 54.1 Å². The molecular formula is C26H27NO4S2. The number of thiophene rings is 2. The summed E-state index contributed by atoms with van der Waals surface area (Å²) in [7, 11) is 0. The topological polar surface area (TPSA) is 66.8 Å². The zero-order chi connectivity index (χ0) is 23.8. The molecule has 172 valence electrons. The van der Waals surface area contributed by atoms with E-state index >= 15 is 0 Å². The normalized spacial score (nSPS) is 18.2. The van der Waals surface area contributed by atoms with Gasteiger partial charge in [0.25, 0.3) is 11.7 Å². The quantitative estimate of drug-likeness (QED) is 0.261. The minimum absolute atomic E-state index is 0.128. The molecule has 0 spiro atoms. The number of ether oxygens (including phenoxy) is 1. The number of benzene rings is 1. The average Bonchev–Trinajstić information content (AvgIpc) is 3.52. The van der Waals surface area contributed by atoms with Gasteiger partial charge in [-0.15, -0.1) is 22.7 Å². The highest BCUT2D eigenvalue weighted by Crippen LogP contribution is 2.43. The number of Topliss-reactive ketones (excluding diaryl/α,β-unsaturated/α-hetero) is 1. The van der Waals surface area contributed by atoms with Gasteiger partial charge in [0.15, 0.2) is 0 Å². The number of hydrogen-bond acceptors (Lipinski definition) is 6. The Balaban J connectivity index is 1.85. The first kappa shape index (κ1) is 23.3. The fourth-order valence-electron chi connectivity index (χ4n) is 4.06. The molecule has 1 unspecified atom stereocenters. The van der Waals surface area contributed by atoms with Gasteiger partial charge in [-0.2, -0.15) is 0 Å². The summed E-state index contributed by atoms with van der Waals surface area (Å²) in [5.41, 5.74) is 1.32. The Morgan fingerprint density at radius 3 is 2.42 bits per heavy atom. The molecule has 1 N–H and O–H groups in total. The molecule has 1 fully saturated rings. The largest absolute Gasteiger partial charge is 0.507 e. The van der Waals surface area contributed by atoms with Crippen LogP contribution in [-0.4, -0.2) is 28.3 Å². The van der Waals surface area contributed by atoms with Crippen LogP contribution in [0.5, 0.6) is 5.75 Å². The van der Waals surface area contributed by atoms with Gasteiger partial charge in [0, 0.05) is 20.9 Å². The summed E-state index contributed by atoms with van der Waals surface area (Å²) in [5, 5.41) is 15.2. The maximum atomic E-state index is 13.2. The Hall–Kier alpha value is -2.90. The summed E-state index contributed by atoms with van der Waals surface area (Å²) in [4.78, 5) is 29.6. The predicted octanol–water partition coefficient (Wildman–Crippen LogP) is 6.13. The van der Waals surface area contributed by atoms with Crippen LogP contribution < -0.4 is 4.74 Å². The zero-order valence-corrected chi connectivity index (χ0v) is 20.8. The maximum Gasteiger partial charge on any atom is 0.296 e. The van der Waals surface area contributed by atoms with E-state index in [1.54, 1.807) is 11.0 Å². The number of ketones is 1. The van der Waals surface area contributed by atoms with Crippen molar-refractivity contribution in [3.63, 3.8) is 0 Å². The van der Waals surface area contributed by atoms with Crippen molar-refractivity contribution in [1.82, 2.24) is 4.90 Å². The van der Waals surface area contributed by atoms with Gasteiger partial charge in [-0.25, -0.2) is 0 Å². The highest BCUT2D eigenvalue weighted by atomic mass is 32.1. The van der Waals surface area contributed by atoms with E-state index in [-0.39, 0.29) is 16.7 Å². The summed E-state index contributed by atoms with van der Waals surface area (Å²) in [5.74, 6) is -0.664. The molecular weight excluding hydrogens is 454 g/mol. The van der Waals surface area contributed by atoms with Gasteiger partial charge >= 0.3 is 0 Å². The minimum Gasteiger partial charge on any atom is -0.507 e. The second-order valence-corrected chi connectivity index (χ2v) is 10.9. The Morgan fingerprint density at radius 2 is 1.82 bits per heavy atom. The molecule has 4 rings (SSSR count). The van der Waals surface area contributed by atoms with Gasteiger partial charge in [-0.05, 0) is 53.4 Å². The van der Waals surface area contributed by atoms with Gasteiger partial charge in [-0.1, -0.05) is 32.9 Å². The van der Waals surface area contributed by atoms with Gasteiger partial charge in [0.05, 0.1) is 18.7 Å². The van der Waals surface area contributed by atoms with Crippen molar-refractivity contribution in [3.05, 3.63) is 79.7 Å². The Kier molecular flexibility index (Phi) is 6.45. The van der Waals surface area contributed by atoms with E-state index in [0.29, 0.717) is 18.7 Å². The number of aliphatic hydroxyl groups excluding tert-OH is 1. The molecule has 1 saturated heterocycles. The number of amides is 1. The Morgan fingerprint density at radius 1 is 1.09 bits per heavy atom. The van der Waals surface area contributed by atoms with E-state index in [1.165, 1.54) is 22.7 Å². The molecule has 0 bridgehead atoms. The minimum atomic E-state index is -0.659. The highest BCUT2D eigenvalue weighted by molar-refractivity contribution is 7.10. The maximum absolute atomic E-state index is 13.2. The van der Waals surface area contributed by atoms with Crippen molar-refractivity contribution in [3.8, 4) is 5.75 Å². The molecule has 1 aliphatic rings. The van der Waals surface area contributed by atoms with Crippen LogP contribution in [0, 0.1) is 0 Å². The van der Waals surface area contributed by atoms with Crippen LogP contribution in [0.1, 0.15) is 54.6 Å². The highest BCUT2D eigenvalue weighted by Gasteiger charge is 2.46. The third-order valence-corrected chi connectivity index (χ3v) is 7.41. The summed E-state index contributed by atoms with van der Waals surface area (Å²) in [6.07, 6.45) is 0. The second kappa shape index (κ2) is 9.15. The van der Waals surface area contributed by atoms with Crippen LogP contribution in [0.4, 0.5) is 0 Å². The number of nitrogens with zero attached hydrogens (tertiary/aromatic N) is 1. The number of rotatable bonds is 6. The van der Waals surface area contributed by atoms with Crippen molar-refractivity contribution in [2.45, 2.75) is 45.7 Å². The van der Waals surface area contributed by atoms with Crippen LogP contribution in [-0.2, 0) is 21.5 Å². The lowest BCUT2D eigenvalue weighted by atomic mass is 9.84. The Bertz CT molecular complexity index is 1190. The van der Waals surface area contributed by atoms with Gasteiger partial charge in [0.2, 0.25) is 0 Å². The molecule has 1 atom stereocenters. The summed E-state index contributed by atoms with van der Waals surface area (Å²) >= 11 is 3.00. The number of carbonyl (C=O) groups excluding carboxylic acids is 2. The van der Waals surface area contributed by atoms with Crippen molar-refractivity contribution in [1.29, 1.82) is 0 Å². The van der Waals surface area contributed by atoms with Gasteiger partial charge in [0.1, 0.15) is 17.6 Å². The fourth-order valence-corrected chi connectivity index (χ4v) is 5.60. The first-order valence-corrected chi connectivity index (χ1v) is 12.6. The van der Waals surface area contributed by atoms with Crippen LogP contribution in [0.2, 0.25) is 0 Å². The van der Waals surface area contributed by atoms with E-state index in [0.717, 1.165) is 21.1 Å². The molecule has 1 aromatic carbocycles. The predicted molar refractivity (Wildman–Crippen MR) is 133 cm³/mol. The fraction of sp³-hybridized carbons (Fsp3) is 0.308. The third-order valence-electron chi connectivity index (χ3n) is 5.62. The molecule has 2 aromatic heterocycles. The van der Waals surface area contributed by atoms with Crippen LogP contribution >= 0.6 is 22.7 Å². The molecule has 0 aliphatic carbocycles. The van der Waals surface area contributed by atoms with Crippen LogP contribution in [0.3, 0.4) is 0 Å². The number of carbonyl (C=O) groups is 2. The van der Waals surface area contributed by atoms with Crippen LogP contribution in [0.25, 0.3) is 5.76 Å². The smallest absolute Gasteiger partial charge is 0.296 e. The van der Waals surface area contributed by atoms with Crippen molar-refractivity contribution in [2.75, 3.05) is 6.61 Å². The number of likely N-dealkylation sites (tertiary alicyclic amines) is 1. The molecule has 5 nitrogen and oxygen atoms in total. The van der Waals surface area contributed by atoms with E-state index in [9.17, 15) is 14.7 Å². The van der Waals surface area contributed by atoms with Crippen molar-refractivity contribution < 1.29 is 19.4 Å². The molecule has 1 amide bonds. The first-order valence-electron chi connectivity index (χ1n) is 10.8. The molecule has 1 aliphatic heterocycles. The SMILES string of the molecule is CCOc1ccc(/C(O)=C2/C(=O)C(=O)N(Cc3cccs3)C2c2cccs2)cc1C(C)(C)C. The summed E-state index contributed by atoms with van der Waals surface area (Å²) in [6.45, 7) is 8.98. The molecule has 0 radical (unpaired) electrons. The molecule has 0 saturated carbocycles. The lowest BCUT2D eigenvalue weighted by molar-refractivity contribution is -0.140. The standard InChI is InChI=1S/C26H27NO4S2/c1-5-31-19-11-10-16(14-18(19)26(2,3)4)23(28)21-22(20-9-7-13-33-20)27(25(30)24(21)29)15-17-8-6-12-32-17/h6-14,22,28H,5,15H2,1-4H3/b23-21-. The summed E-state index contributed by atoms with van der Waals surface area (Å²) in [6, 6.07) is 12.4. The van der Waals surface area contributed by atoms with E-state index in [4.69, 9.17) is 4.74 Å². The molecule has 3 heterocycles. The average molecular weight is 482 g/mol. The van der Waals surface area contributed by atoms with Crippen molar-refractivity contribution >= 4 is 40.1 Å². The van der Waals surface area contributed by atoms with Gasteiger partial charge < -0.3 is 14.7 Å². The third kappa shape index (κ3) is 4.48. The lowest BCUT2D eigenvalue weighted by Crippen LogP contribution is -2.28. The van der Waals surface area contributed by atoms with E-state index in [2.05, 4.69) is 20.8 Å². The van der Waals surface area contributed by atoms with Crippen LogP contribution in [0.15, 0.2) is 58.8 Å². The number of aliphatic hydroxyl groups is 1. The first-order chi connectivity index (χ1) is 15.7. The van der Waals surface area contributed by atoms with Gasteiger partial charge in [-0.3, -0.25) is 9.59 Å². The van der Waals surface area contributed by atoms with Crippen molar-refractivity contribution in [2.24, 2.45) is 0 Å². The zero-order valence-electron chi connectivity index (χ0n) is 19.1. The second-order valence-electron chi connectivity index (χ2n) is 8.92. The summed E-state index contributed by atoms with van der Waals surface area (Å²) < 4.78 is 5.79. The molecule has 7 heteroatoms. The molecule has 3 aromatic rings. The molecule has 33 heavy (non-hydrogen) atoms. The number of hydrogen-bond donors (Lipinski definition) is 1. The monoisotopic (exact) mass is 481 g/mol. The van der Waals surface area contributed by atoms with E-state index < -0.39 is 17.7 Å². The Labute approximate surface area is 202 Å².